The van der Waals surface area contributed by atoms with Gasteiger partial charge >= 0.3 is 0 Å². The van der Waals surface area contributed by atoms with Crippen molar-refractivity contribution >= 4 is 17.5 Å². The molecular weight excluding hydrogens is 475 g/mol. The van der Waals surface area contributed by atoms with Crippen LogP contribution in [-0.4, -0.2) is 43.7 Å². The van der Waals surface area contributed by atoms with Crippen molar-refractivity contribution in [2.45, 2.75) is 31.6 Å². The number of halogens is 1. The summed E-state index contributed by atoms with van der Waals surface area (Å²) in [7, 11) is 1.38. The summed E-state index contributed by atoms with van der Waals surface area (Å²) in [6, 6.07) is 17.9. The van der Waals surface area contributed by atoms with Gasteiger partial charge in [-0.3, -0.25) is 9.59 Å². The molecule has 0 unspecified atom stereocenters. The first-order chi connectivity index (χ1) is 18.0. The Labute approximate surface area is 215 Å². The molecule has 2 heterocycles. The molecule has 3 aromatic rings. The number of nitrogens with zero attached hydrogens (tertiary/aromatic N) is 1. The fourth-order valence-corrected chi connectivity index (χ4v) is 4.81. The van der Waals surface area contributed by atoms with E-state index in [4.69, 9.17) is 14.2 Å². The number of carbonyl (C=O) groups is 2. The maximum absolute atomic E-state index is 13.7. The Bertz CT molecular complexity index is 1290. The zero-order chi connectivity index (χ0) is 25.8. The number of piperidine rings is 1. The number of hydrogen-bond donors (Lipinski definition) is 1. The van der Waals surface area contributed by atoms with Gasteiger partial charge in [0, 0.05) is 30.8 Å². The summed E-state index contributed by atoms with van der Waals surface area (Å²) >= 11 is 0. The third kappa shape index (κ3) is 5.69. The molecule has 1 N–H and O–H groups in total. The number of hydrogen-bond acceptors (Lipinski definition) is 5. The minimum atomic E-state index is -0.484. The van der Waals surface area contributed by atoms with Crippen molar-refractivity contribution in [2.24, 2.45) is 0 Å². The second-order valence-corrected chi connectivity index (χ2v) is 9.27. The number of benzene rings is 3. The highest BCUT2D eigenvalue weighted by molar-refractivity contribution is 5.94. The first-order valence-corrected chi connectivity index (χ1v) is 12.4. The molecule has 0 spiro atoms. The van der Waals surface area contributed by atoms with Gasteiger partial charge in [0.05, 0.1) is 7.11 Å². The second-order valence-electron chi connectivity index (χ2n) is 9.27. The van der Waals surface area contributed by atoms with E-state index in [-0.39, 0.29) is 24.4 Å². The smallest absolute Gasteiger partial charge is 0.253 e. The first-order valence-electron chi connectivity index (χ1n) is 12.4. The van der Waals surface area contributed by atoms with Gasteiger partial charge in [0.1, 0.15) is 0 Å². The second kappa shape index (κ2) is 10.9. The van der Waals surface area contributed by atoms with Gasteiger partial charge in [-0.2, -0.15) is 0 Å². The zero-order valence-electron chi connectivity index (χ0n) is 20.7. The molecule has 7 nitrogen and oxygen atoms in total. The zero-order valence-corrected chi connectivity index (χ0v) is 20.7. The summed E-state index contributed by atoms with van der Waals surface area (Å²) in [6.45, 7) is 1.49. The average Bonchev–Trinajstić information content (AvgIpc) is 3.40. The summed E-state index contributed by atoms with van der Waals surface area (Å²) in [5.41, 5.74) is 3.40. The number of fused-ring (bicyclic) bond motifs is 1. The van der Waals surface area contributed by atoms with Crippen LogP contribution < -0.4 is 19.5 Å². The van der Waals surface area contributed by atoms with Crippen molar-refractivity contribution in [3.8, 4) is 17.2 Å². The Morgan fingerprint density at radius 1 is 1.00 bits per heavy atom. The maximum Gasteiger partial charge on any atom is 0.253 e. The first kappa shape index (κ1) is 24.6. The summed E-state index contributed by atoms with van der Waals surface area (Å²) in [5.74, 6) is 1.22. The van der Waals surface area contributed by atoms with Crippen molar-refractivity contribution < 1.29 is 28.2 Å². The fraction of sp³-hybridized carbons (Fsp3) is 0.310. The molecule has 0 saturated carbocycles. The van der Waals surface area contributed by atoms with Crippen LogP contribution in [0.1, 0.15) is 46.7 Å². The molecule has 2 aliphatic rings. The molecule has 8 heteroatoms. The highest BCUT2D eigenvalue weighted by atomic mass is 19.1. The molecule has 0 aromatic heterocycles. The van der Waals surface area contributed by atoms with Gasteiger partial charge in [0.25, 0.3) is 5.91 Å². The largest absolute Gasteiger partial charge is 0.494 e. The molecule has 0 radical (unpaired) electrons. The van der Waals surface area contributed by atoms with Crippen LogP contribution >= 0.6 is 0 Å². The molecular formula is C29H29FN2O5. The number of methoxy groups -OCH3 is 1. The van der Waals surface area contributed by atoms with Gasteiger partial charge in [-0.25, -0.2) is 4.39 Å². The molecule has 2 aliphatic heterocycles. The normalized spacial score (nSPS) is 14.9. The molecule has 37 heavy (non-hydrogen) atoms. The quantitative estimate of drug-likeness (QED) is 0.481. The highest BCUT2D eigenvalue weighted by Crippen LogP contribution is 2.33. The van der Waals surface area contributed by atoms with E-state index >= 15 is 0 Å². The minimum Gasteiger partial charge on any atom is -0.494 e. The molecule has 2 amide bonds. The van der Waals surface area contributed by atoms with E-state index in [0.29, 0.717) is 37.4 Å². The molecule has 5 rings (SSSR count). The molecule has 1 fully saturated rings. The molecule has 0 bridgehead atoms. The summed E-state index contributed by atoms with van der Waals surface area (Å²) < 4.78 is 29.4. The van der Waals surface area contributed by atoms with E-state index < -0.39 is 5.82 Å². The van der Waals surface area contributed by atoms with Crippen molar-refractivity contribution in [2.75, 3.05) is 32.3 Å². The summed E-state index contributed by atoms with van der Waals surface area (Å²) in [5, 5.41) is 2.96. The average molecular weight is 505 g/mol. The standard InChI is InChI=1S/C29H29FN2O5/c1-35-26-17-22(6-9-24(26)30)29(34)32-14-12-21(13-15-32)20-4-7-23(8-5-20)31-28(33)11-3-19-2-10-25-27(16-19)37-18-36-25/h2,4-10,16-17,21H,3,11-15,18H2,1H3,(H,31,33). The van der Waals surface area contributed by atoms with Gasteiger partial charge in [0.15, 0.2) is 23.1 Å². The number of likely N-dealkylation sites (tertiary alicyclic amines) is 1. The van der Waals surface area contributed by atoms with Gasteiger partial charge in [0.2, 0.25) is 12.7 Å². The Kier molecular flexibility index (Phi) is 7.25. The fourth-order valence-electron chi connectivity index (χ4n) is 4.81. The van der Waals surface area contributed by atoms with Gasteiger partial charge in [-0.05, 0) is 78.8 Å². The molecule has 3 aromatic carbocycles. The third-order valence-corrected chi connectivity index (χ3v) is 6.92. The lowest BCUT2D eigenvalue weighted by Gasteiger charge is -2.32. The number of nitrogens with one attached hydrogen (secondary N) is 1. The summed E-state index contributed by atoms with van der Waals surface area (Å²) in [6.07, 6.45) is 2.66. The molecule has 0 atom stereocenters. The van der Waals surface area contributed by atoms with E-state index in [0.717, 1.165) is 35.6 Å². The Hall–Kier alpha value is -4.07. The number of anilines is 1. The molecule has 192 valence electrons. The number of ether oxygens (including phenoxy) is 3. The molecule has 1 saturated heterocycles. The van der Waals surface area contributed by atoms with Crippen LogP contribution in [0.2, 0.25) is 0 Å². The van der Waals surface area contributed by atoms with E-state index in [2.05, 4.69) is 5.32 Å². The van der Waals surface area contributed by atoms with Crippen molar-refractivity contribution in [1.82, 2.24) is 4.90 Å². The SMILES string of the molecule is COc1cc(C(=O)N2CCC(c3ccc(NC(=O)CCc4ccc5c(c4)OCO5)cc3)CC2)ccc1F. The summed E-state index contributed by atoms with van der Waals surface area (Å²) in [4.78, 5) is 27.1. The van der Waals surface area contributed by atoms with Crippen molar-refractivity contribution in [3.05, 3.63) is 83.2 Å². The van der Waals surface area contributed by atoms with Crippen molar-refractivity contribution in [3.63, 3.8) is 0 Å². The monoisotopic (exact) mass is 504 g/mol. The van der Waals surface area contributed by atoms with Gasteiger partial charge in [-0.1, -0.05) is 18.2 Å². The maximum atomic E-state index is 13.7. The van der Waals surface area contributed by atoms with E-state index in [9.17, 15) is 14.0 Å². The Balaban J connectivity index is 1.10. The van der Waals surface area contributed by atoms with Crippen LogP contribution in [0.25, 0.3) is 0 Å². The Morgan fingerprint density at radius 2 is 1.76 bits per heavy atom. The lowest BCUT2D eigenvalue weighted by molar-refractivity contribution is -0.116. The lowest BCUT2D eigenvalue weighted by atomic mass is 9.89. The number of rotatable bonds is 7. The third-order valence-electron chi connectivity index (χ3n) is 6.92. The van der Waals surface area contributed by atoms with Crippen molar-refractivity contribution in [1.29, 1.82) is 0 Å². The predicted octanol–water partition coefficient (Wildman–Crippen LogP) is 5.15. The topological polar surface area (TPSA) is 77.1 Å². The van der Waals surface area contributed by atoms with Gasteiger partial charge in [-0.15, -0.1) is 0 Å². The minimum absolute atomic E-state index is 0.0466. The number of amides is 2. The van der Waals surface area contributed by atoms with E-state index in [1.807, 2.05) is 42.5 Å². The Morgan fingerprint density at radius 3 is 2.51 bits per heavy atom. The van der Waals surface area contributed by atoms with Crippen LogP contribution in [0.15, 0.2) is 60.7 Å². The van der Waals surface area contributed by atoms with Crippen LogP contribution in [0, 0.1) is 5.82 Å². The van der Waals surface area contributed by atoms with Crippen LogP contribution in [0.4, 0.5) is 10.1 Å². The lowest BCUT2D eigenvalue weighted by Crippen LogP contribution is -2.37. The highest BCUT2D eigenvalue weighted by Gasteiger charge is 2.25. The number of carbonyl (C=O) groups excluding carboxylic acids is 2. The van der Waals surface area contributed by atoms with E-state index in [1.165, 1.54) is 30.9 Å². The predicted molar refractivity (Wildman–Crippen MR) is 137 cm³/mol. The van der Waals surface area contributed by atoms with Crippen LogP contribution in [0.5, 0.6) is 17.2 Å². The number of aryl methyl sites for hydroxylation is 1. The van der Waals surface area contributed by atoms with Crippen LogP contribution in [-0.2, 0) is 11.2 Å². The van der Waals surface area contributed by atoms with E-state index in [1.54, 1.807) is 4.90 Å². The molecule has 0 aliphatic carbocycles. The van der Waals surface area contributed by atoms with Gasteiger partial charge < -0.3 is 24.4 Å². The van der Waals surface area contributed by atoms with Crippen LogP contribution in [0.3, 0.4) is 0 Å².